The Hall–Kier alpha value is -2.46. The summed E-state index contributed by atoms with van der Waals surface area (Å²) < 4.78 is 14.9. The molecule has 0 aliphatic rings. The van der Waals surface area contributed by atoms with Gasteiger partial charge in [0.15, 0.2) is 6.29 Å². The molecule has 0 atom stereocenters. The van der Waals surface area contributed by atoms with E-state index >= 15 is 0 Å². The van der Waals surface area contributed by atoms with Crippen LogP contribution in [0.2, 0.25) is 5.02 Å². The summed E-state index contributed by atoms with van der Waals surface area (Å²) >= 11 is 5.85. The quantitative estimate of drug-likeness (QED) is 0.681. The molecule has 104 valence electrons. The summed E-state index contributed by atoms with van der Waals surface area (Å²) in [4.78, 5) is 11.2. The van der Waals surface area contributed by atoms with E-state index in [1.807, 2.05) is 0 Å². The second kappa shape index (κ2) is 5.50. The van der Waals surface area contributed by atoms with E-state index in [2.05, 4.69) is 5.10 Å². The third-order valence-corrected chi connectivity index (χ3v) is 3.31. The highest BCUT2D eigenvalue weighted by molar-refractivity contribution is 6.30. The van der Waals surface area contributed by atoms with Crippen LogP contribution in [0.15, 0.2) is 54.7 Å². The first-order valence-electron chi connectivity index (χ1n) is 6.24. The topological polar surface area (TPSA) is 34.9 Å². The van der Waals surface area contributed by atoms with Gasteiger partial charge in [-0.2, -0.15) is 5.10 Å². The number of nitrogens with zero attached hydrogens (tertiary/aromatic N) is 2. The Balaban J connectivity index is 2.10. The van der Waals surface area contributed by atoms with Gasteiger partial charge in [0.2, 0.25) is 0 Å². The minimum absolute atomic E-state index is 0.370. The first-order valence-corrected chi connectivity index (χ1v) is 6.62. The number of hydrogen-bond donors (Lipinski definition) is 0. The van der Waals surface area contributed by atoms with E-state index in [0.717, 1.165) is 5.69 Å². The van der Waals surface area contributed by atoms with Crippen molar-refractivity contribution in [3.8, 4) is 16.9 Å². The highest BCUT2D eigenvalue weighted by Gasteiger charge is 2.12. The minimum Gasteiger partial charge on any atom is -0.298 e. The number of aldehydes is 1. The Morgan fingerprint density at radius 2 is 1.90 bits per heavy atom. The molecule has 0 radical (unpaired) electrons. The fourth-order valence-electron chi connectivity index (χ4n) is 2.06. The lowest BCUT2D eigenvalue weighted by Gasteiger charge is -2.01. The smallest absolute Gasteiger partial charge is 0.153 e. The second-order valence-corrected chi connectivity index (χ2v) is 4.92. The summed E-state index contributed by atoms with van der Waals surface area (Å²) in [6, 6.07) is 13.0. The molecule has 1 heterocycles. The van der Waals surface area contributed by atoms with Gasteiger partial charge < -0.3 is 0 Å². The molecule has 3 aromatic rings. The van der Waals surface area contributed by atoms with Crippen molar-refractivity contribution in [2.45, 2.75) is 0 Å². The Labute approximate surface area is 125 Å². The van der Waals surface area contributed by atoms with Crippen LogP contribution in [0.4, 0.5) is 4.39 Å². The normalized spacial score (nSPS) is 10.6. The number of carbonyl (C=O) groups is 1. The van der Waals surface area contributed by atoms with Crippen LogP contribution >= 0.6 is 11.6 Å². The van der Waals surface area contributed by atoms with E-state index in [1.165, 1.54) is 12.1 Å². The SMILES string of the molecule is O=Cc1cn(-c2ccc(Cl)cc2)nc1-c1cccc(F)c1. The lowest BCUT2D eigenvalue weighted by atomic mass is 10.1. The average Bonchev–Trinajstić information content (AvgIpc) is 2.92. The molecule has 0 spiro atoms. The van der Waals surface area contributed by atoms with Crippen LogP contribution in [0.1, 0.15) is 10.4 Å². The van der Waals surface area contributed by atoms with E-state index in [1.54, 1.807) is 47.3 Å². The van der Waals surface area contributed by atoms with Crippen LogP contribution in [0, 0.1) is 5.82 Å². The van der Waals surface area contributed by atoms with Gasteiger partial charge in [-0.3, -0.25) is 4.79 Å². The Kier molecular flexibility index (Phi) is 3.54. The molecule has 0 amide bonds. The zero-order valence-electron chi connectivity index (χ0n) is 10.8. The van der Waals surface area contributed by atoms with E-state index in [-0.39, 0.29) is 5.82 Å². The van der Waals surface area contributed by atoms with Crippen LogP contribution in [-0.4, -0.2) is 16.1 Å². The van der Waals surface area contributed by atoms with Gasteiger partial charge in [0, 0.05) is 16.8 Å². The Bertz CT molecular complexity index is 796. The summed E-state index contributed by atoms with van der Waals surface area (Å²) in [7, 11) is 0. The molecule has 3 rings (SSSR count). The highest BCUT2D eigenvalue weighted by Crippen LogP contribution is 2.23. The van der Waals surface area contributed by atoms with Crippen molar-refractivity contribution in [3.05, 3.63) is 71.1 Å². The zero-order valence-corrected chi connectivity index (χ0v) is 11.6. The van der Waals surface area contributed by atoms with Crippen molar-refractivity contribution in [2.75, 3.05) is 0 Å². The van der Waals surface area contributed by atoms with Crippen LogP contribution in [0.3, 0.4) is 0 Å². The van der Waals surface area contributed by atoms with Gasteiger partial charge in [-0.05, 0) is 36.4 Å². The molecule has 0 fully saturated rings. The molecular weight excluding hydrogens is 291 g/mol. The number of aromatic nitrogens is 2. The molecule has 0 N–H and O–H groups in total. The van der Waals surface area contributed by atoms with Crippen molar-refractivity contribution in [1.82, 2.24) is 9.78 Å². The van der Waals surface area contributed by atoms with Gasteiger partial charge in [0.1, 0.15) is 11.5 Å². The fraction of sp³-hybridized carbons (Fsp3) is 0. The van der Waals surface area contributed by atoms with E-state index in [4.69, 9.17) is 11.6 Å². The van der Waals surface area contributed by atoms with Gasteiger partial charge in [0.05, 0.1) is 11.3 Å². The summed E-state index contributed by atoms with van der Waals surface area (Å²) in [6.45, 7) is 0. The minimum atomic E-state index is -0.370. The zero-order chi connectivity index (χ0) is 14.8. The number of halogens is 2. The van der Waals surface area contributed by atoms with Crippen molar-refractivity contribution in [2.24, 2.45) is 0 Å². The van der Waals surface area contributed by atoms with Crippen molar-refractivity contribution >= 4 is 17.9 Å². The molecule has 0 aliphatic heterocycles. The molecule has 3 nitrogen and oxygen atoms in total. The fourth-order valence-corrected chi connectivity index (χ4v) is 2.19. The molecular formula is C16H10ClFN2O. The molecule has 0 saturated heterocycles. The van der Waals surface area contributed by atoms with Gasteiger partial charge >= 0.3 is 0 Å². The summed E-state index contributed by atoms with van der Waals surface area (Å²) in [5.74, 6) is -0.370. The van der Waals surface area contributed by atoms with Crippen molar-refractivity contribution in [1.29, 1.82) is 0 Å². The molecule has 0 bridgehead atoms. The van der Waals surface area contributed by atoms with Crippen LogP contribution < -0.4 is 0 Å². The average molecular weight is 301 g/mol. The lowest BCUT2D eigenvalue weighted by Crippen LogP contribution is -1.94. The summed E-state index contributed by atoms with van der Waals surface area (Å²) in [5.41, 5.74) is 2.17. The predicted octanol–water partition coefficient (Wildman–Crippen LogP) is 4.14. The molecule has 0 unspecified atom stereocenters. The second-order valence-electron chi connectivity index (χ2n) is 4.48. The Morgan fingerprint density at radius 1 is 1.14 bits per heavy atom. The maximum absolute atomic E-state index is 13.3. The first kappa shape index (κ1) is 13.5. The Morgan fingerprint density at radius 3 is 2.57 bits per heavy atom. The maximum atomic E-state index is 13.3. The highest BCUT2D eigenvalue weighted by atomic mass is 35.5. The molecule has 1 aromatic heterocycles. The molecule has 2 aromatic carbocycles. The molecule has 5 heteroatoms. The van der Waals surface area contributed by atoms with Gasteiger partial charge in [0.25, 0.3) is 0 Å². The summed E-state index contributed by atoms with van der Waals surface area (Å²) in [5, 5.41) is 4.99. The first-order chi connectivity index (χ1) is 10.2. The lowest BCUT2D eigenvalue weighted by molar-refractivity contribution is 0.112. The van der Waals surface area contributed by atoms with Crippen LogP contribution in [0.5, 0.6) is 0 Å². The standard InChI is InChI=1S/C16H10ClFN2O/c17-13-4-6-15(7-5-13)20-9-12(10-21)16(19-20)11-2-1-3-14(18)8-11/h1-10H. The predicted molar refractivity (Wildman–Crippen MR) is 79.4 cm³/mol. The number of benzene rings is 2. The van der Waals surface area contributed by atoms with E-state index in [0.29, 0.717) is 28.1 Å². The van der Waals surface area contributed by atoms with Gasteiger partial charge in [-0.1, -0.05) is 23.7 Å². The number of carbonyl (C=O) groups excluding carboxylic acids is 1. The van der Waals surface area contributed by atoms with Crippen molar-refractivity contribution in [3.63, 3.8) is 0 Å². The third-order valence-electron chi connectivity index (χ3n) is 3.06. The largest absolute Gasteiger partial charge is 0.298 e. The number of hydrogen-bond acceptors (Lipinski definition) is 2. The molecule has 21 heavy (non-hydrogen) atoms. The molecule has 0 saturated carbocycles. The van der Waals surface area contributed by atoms with Gasteiger partial charge in [-0.15, -0.1) is 0 Å². The van der Waals surface area contributed by atoms with Crippen LogP contribution in [0.25, 0.3) is 16.9 Å². The van der Waals surface area contributed by atoms with E-state index < -0.39 is 0 Å². The van der Waals surface area contributed by atoms with E-state index in [9.17, 15) is 9.18 Å². The third kappa shape index (κ3) is 2.71. The number of rotatable bonds is 3. The summed E-state index contributed by atoms with van der Waals surface area (Å²) in [6.07, 6.45) is 2.32. The van der Waals surface area contributed by atoms with Gasteiger partial charge in [-0.25, -0.2) is 9.07 Å². The van der Waals surface area contributed by atoms with Crippen LogP contribution in [-0.2, 0) is 0 Å². The molecule has 0 aliphatic carbocycles. The maximum Gasteiger partial charge on any atom is 0.153 e. The van der Waals surface area contributed by atoms with Crippen molar-refractivity contribution < 1.29 is 9.18 Å². The monoisotopic (exact) mass is 300 g/mol.